The van der Waals surface area contributed by atoms with Crippen LogP contribution in [-0.2, 0) is 0 Å². The van der Waals surface area contributed by atoms with Crippen LogP contribution in [0.2, 0.25) is 5.15 Å². The Morgan fingerprint density at radius 1 is 1.05 bits per heavy atom. The fourth-order valence-corrected chi connectivity index (χ4v) is 1.31. The second-order valence-electron chi connectivity index (χ2n) is 3.82. The standard InChI is InChI=1S/C6H6ClNO2.C6H7NO2/c1-3-4(9)2-5(10)8-6(3)7;1-4-3-7-6(9)2-5(4)8/h2H,1H3,(H2,8,9,10);2-3H,1H3,(H2,7,8,9). The molecule has 7 heteroatoms. The fraction of sp³-hybridized carbons (Fsp3) is 0.167. The minimum atomic E-state index is -0.395. The van der Waals surface area contributed by atoms with Crippen LogP contribution in [0.25, 0.3) is 0 Å². The number of hydrogen-bond acceptors (Lipinski definition) is 4. The van der Waals surface area contributed by atoms with Gasteiger partial charge in [-0.05, 0) is 13.8 Å². The Morgan fingerprint density at radius 2 is 1.63 bits per heavy atom. The van der Waals surface area contributed by atoms with Crippen LogP contribution in [0.1, 0.15) is 11.1 Å². The summed E-state index contributed by atoms with van der Waals surface area (Å²) in [5.41, 5.74) is 0.488. The molecule has 19 heavy (non-hydrogen) atoms. The highest BCUT2D eigenvalue weighted by Gasteiger charge is 2.01. The largest absolute Gasteiger partial charge is 0.507 e. The molecule has 102 valence electrons. The molecular weight excluding hydrogens is 272 g/mol. The van der Waals surface area contributed by atoms with E-state index in [9.17, 15) is 9.59 Å². The van der Waals surface area contributed by atoms with Gasteiger partial charge in [0.25, 0.3) is 11.1 Å². The molecule has 2 aromatic heterocycles. The Morgan fingerprint density at radius 3 is 2.11 bits per heavy atom. The van der Waals surface area contributed by atoms with Crippen molar-refractivity contribution in [3.63, 3.8) is 0 Å². The lowest BCUT2D eigenvalue weighted by Gasteiger charge is -1.97. The van der Waals surface area contributed by atoms with Gasteiger partial charge in [0.05, 0.1) is 0 Å². The third-order valence-corrected chi connectivity index (χ3v) is 2.69. The Balaban J connectivity index is 0.000000191. The van der Waals surface area contributed by atoms with Crippen molar-refractivity contribution < 1.29 is 10.2 Å². The van der Waals surface area contributed by atoms with Gasteiger partial charge in [-0.1, -0.05) is 11.6 Å². The monoisotopic (exact) mass is 284 g/mol. The number of nitrogens with one attached hydrogen (secondary N) is 2. The van der Waals surface area contributed by atoms with Crippen LogP contribution in [0, 0.1) is 13.8 Å². The van der Waals surface area contributed by atoms with Crippen LogP contribution in [-0.4, -0.2) is 20.2 Å². The van der Waals surface area contributed by atoms with Crippen LogP contribution in [0.4, 0.5) is 0 Å². The van der Waals surface area contributed by atoms with E-state index in [-0.39, 0.29) is 22.2 Å². The molecule has 0 fully saturated rings. The van der Waals surface area contributed by atoms with Crippen molar-refractivity contribution >= 4 is 11.6 Å². The molecule has 4 N–H and O–H groups in total. The molecule has 2 rings (SSSR count). The summed E-state index contributed by atoms with van der Waals surface area (Å²) >= 11 is 5.50. The molecule has 0 spiro atoms. The zero-order chi connectivity index (χ0) is 14.6. The zero-order valence-electron chi connectivity index (χ0n) is 10.3. The Hall–Kier alpha value is -2.21. The Bertz CT molecular complexity index is 665. The summed E-state index contributed by atoms with van der Waals surface area (Å²) < 4.78 is 0. The maximum Gasteiger partial charge on any atom is 0.252 e. The summed E-state index contributed by atoms with van der Waals surface area (Å²) in [6.45, 7) is 3.33. The first-order valence-corrected chi connectivity index (χ1v) is 5.65. The summed E-state index contributed by atoms with van der Waals surface area (Å²) in [6.07, 6.45) is 1.47. The highest BCUT2D eigenvalue weighted by atomic mass is 35.5. The molecule has 0 aromatic carbocycles. The molecule has 6 nitrogen and oxygen atoms in total. The van der Waals surface area contributed by atoms with Gasteiger partial charge < -0.3 is 20.2 Å². The summed E-state index contributed by atoms with van der Waals surface area (Å²) in [6, 6.07) is 2.23. The average molecular weight is 285 g/mol. The number of aromatic hydroxyl groups is 2. The number of aromatic amines is 2. The molecule has 2 heterocycles. The van der Waals surface area contributed by atoms with E-state index >= 15 is 0 Å². The van der Waals surface area contributed by atoms with Crippen molar-refractivity contribution in [2.45, 2.75) is 13.8 Å². The highest BCUT2D eigenvalue weighted by molar-refractivity contribution is 6.30. The van der Waals surface area contributed by atoms with Crippen molar-refractivity contribution in [3.05, 3.63) is 55.3 Å². The lowest BCUT2D eigenvalue weighted by Crippen LogP contribution is -2.03. The lowest BCUT2D eigenvalue weighted by atomic mass is 10.3. The number of aryl methyl sites for hydroxylation is 1. The SMILES string of the molecule is Cc1c(O)cc(=O)[nH]c1Cl.Cc1c[nH]c(=O)cc1O. The van der Waals surface area contributed by atoms with Crippen molar-refractivity contribution in [1.29, 1.82) is 0 Å². The predicted molar refractivity (Wildman–Crippen MR) is 71.9 cm³/mol. The van der Waals surface area contributed by atoms with Crippen molar-refractivity contribution in [2.75, 3.05) is 0 Å². The first kappa shape index (κ1) is 14.8. The van der Waals surface area contributed by atoms with E-state index in [1.807, 2.05) is 0 Å². The minimum Gasteiger partial charge on any atom is -0.507 e. The maximum atomic E-state index is 10.6. The van der Waals surface area contributed by atoms with Crippen LogP contribution >= 0.6 is 11.6 Å². The van der Waals surface area contributed by atoms with Gasteiger partial charge in [0, 0.05) is 29.5 Å². The van der Waals surface area contributed by atoms with E-state index in [1.165, 1.54) is 6.20 Å². The maximum absolute atomic E-state index is 10.6. The van der Waals surface area contributed by atoms with Gasteiger partial charge in [-0.15, -0.1) is 0 Å². The van der Waals surface area contributed by atoms with E-state index in [0.717, 1.165) is 12.1 Å². The molecule has 0 amide bonds. The second kappa shape index (κ2) is 6.10. The Labute approximate surface area is 113 Å². The number of H-pyrrole nitrogens is 2. The molecule has 0 saturated heterocycles. The normalized spacial score (nSPS) is 9.63. The molecule has 0 saturated carbocycles. The van der Waals surface area contributed by atoms with E-state index in [0.29, 0.717) is 11.1 Å². The van der Waals surface area contributed by atoms with Gasteiger partial charge in [0.1, 0.15) is 16.7 Å². The summed E-state index contributed by atoms with van der Waals surface area (Å²) in [4.78, 5) is 25.7. The topological polar surface area (TPSA) is 106 Å². The summed E-state index contributed by atoms with van der Waals surface area (Å²) in [5, 5.41) is 18.0. The van der Waals surface area contributed by atoms with Gasteiger partial charge >= 0.3 is 0 Å². The first-order valence-electron chi connectivity index (χ1n) is 5.28. The van der Waals surface area contributed by atoms with E-state index < -0.39 is 5.56 Å². The molecular formula is C12H13ClN2O4. The number of aromatic nitrogens is 2. The Kier molecular flexibility index (Phi) is 4.77. The first-order chi connectivity index (χ1) is 8.81. The van der Waals surface area contributed by atoms with Crippen LogP contribution in [0.15, 0.2) is 27.9 Å². The third-order valence-electron chi connectivity index (χ3n) is 2.32. The molecule has 0 aliphatic heterocycles. The van der Waals surface area contributed by atoms with Crippen molar-refractivity contribution in [2.24, 2.45) is 0 Å². The summed E-state index contributed by atoms with van der Waals surface area (Å²) in [7, 11) is 0. The van der Waals surface area contributed by atoms with Gasteiger partial charge in [-0.3, -0.25) is 9.59 Å². The quantitative estimate of drug-likeness (QED) is 0.549. The van der Waals surface area contributed by atoms with E-state index in [1.54, 1.807) is 13.8 Å². The minimum absolute atomic E-state index is 0.0405. The van der Waals surface area contributed by atoms with Crippen molar-refractivity contribution in [3.8, 4) is 11.5 Å². The van der Waals surface area contributed by atoms with Gasteiger partial charge in [-0.2, -0.15) is 0 Å². The fourth-order valence-electron chi connectivity index (χ4n) is 1.12. The number of rotatable bonds is 0. The van der Waals surface area contributed by atoms with E-state index in [2.05, 4.69) is 9.97 Å². The van der Waals surface area contributed by atoms with Gasteiger partial charge in [0.2, 0.25) is 0 Å². The molecule has 0 unspecified atom stereocenters. The third kappa shape index (κ3) is 4.18. The van der Waals surface area contributed by atoms with Gasteiger partial charge in [-0.25, -0.2) is 0 Å². The highest BCUT2D eigenvalue weighted by Crippen LogP contribution is 2.18. The molecule has 0 atom stereocenters. The van der Waals surface area contributed by atoms with Crippen LogP contribution in [0.3, 0.4) is 0 Å². The molecule has 0 aliphatic rings. The number of pyridine rings is 2. The second-order valence-corrected chi connectivity index (χ2v) is 4.20. The zero-order valence-corrected chi connectivity index (χ0v) is 11.1. The smallest absolute Gasteiger partial charge is 0.252 e. The number of hydrogen-bond donors (Lipinski definition) is 4. The molecule has 0 bridgehead atoms. The van der Waals surface area contributed by atoms with Crippen molar-refractivity contribution in [1.82, 2.24) is 9.97 Å². The molecule has 0 radical (unpaired) electrons. The molecule has 0 aliphatic carbocycles. The van der Waals surface area contributed by atoms with Gasteiger partial charge in [0.15, 0.2) is 0 Å². The summed E-state index contributed by atoms with van der Waals surface area (Å²) in [5.74, 6) is -0.0347. The average Bonchev–Trinajstić information content (AvgIpc) is 2.32. The van der Waals surface area contributed by atoms with E-state index in [4.69, 9.17) is 21.8 Å². The lowest BCUT2D eigenvalue weighted by molar-refractivity contribution is 0.469. The predicted octanol–water partition coefficient (Wildman–Crippen LogP) is 1.43. The van der Waals surface area contributed by atoms with Crippen LogP contribution in [0.5, 0.6) is 11.5 Å². The van der Waals surface area contributed by atoms with Crippen LogP contribution < -0.4 is 11.1 Å². The number of halogens is 1. The molecule has 2 aromatic rings.